The minimum absolute atomic E-state index is 0.0964. The predicted molar refractivity (Wildman–Crippen MR) is 137 cm³/mol. The van der Waals surface area contributed by atoms with Crippen LogP contribution in [0.15, 0.2) is 71.8 Å². The van der Waals surface area contributed by atoms with Gasteiger partial charge in [-0.05, 0) is 23.8 Å². The van der Waals surface area contributed by atoms with E-state index in [2.05, 4.69) is 15.8 Å². The molecule has 2 amide bonds. The van der Waals surface area contributed by atoms with E-state index in [0.29, 0.717) is 11.4 Å². The van der Waals surface area contributed by atoms with E-state index < -0.39 is 10.8 Å². The average Bonchev–Trinajstić information content (AvgIpc) is 2.91. The lowest BCUT2D eigenvalue weighted by Crippen LogP contribution is -2.20. The van der Waals surface area contributed by atoms with Crippen molar-refractivity contribution in [1.82, 2.24) is 5.43 Å². The average molecular weight is 507 g/mol. The summed E-state index contributed by atoms with van der Waals surface area (Å²) in [6, 6.07) is 18.9. The summed E-state index contributed by atoms with van der Waals surface area (Å²) >= 11 is 0. The fourth-order valence-corrected chi connectivity index (χ4v) is 3.25. The third-order valence-electron chi connectivity index (χ3n) is 5.10. The summed E-state index contributed by atoms with van der Waals surface area (Å²) in [5, 5.41) is 18.1. The molecule has 0 bridgehead atoms. The van der Waals surface area contributed by atoms with Crippen LogP contribution in [-0.4, -0.2) is 37.2 Å². The zero-order chi connectivity index (χ0) is 26.6. The van der Waals surface area contributed by atoms with Crippen molar-refractivity contribution in [3.63, 3.8) is 0 Å². The number of carbonyl (C=O) groups is 2. The van der Waals surface area contributed by atoms with Gasteiger partial charge in [0.25, 0.3) is 5.69 Å². The highest BCUT2D eigenvalue weighted by Crippen LogP contribution is 2.34. The second kappa shape index (κ2) is 13.2. The van der Waals surface area contributed by atoms with Crippen molar-refractivity contribution < 1.29 is 28.7 Å². The molecule has 3 aromatic carbocycles. The number of rotatable bonds is 12. The molecule has 2 N–H and O–H groups in total. The molecule has 0 saturated carbocycles. The molecule has 11 heteroatoms. The van der Waals surface area contributed by atoms with Crippen LogP contribution in [0.25, 0.3) is 0 Å². The van der Waals surface area contributed by atoms with E-state index in [1.165, 1.54) is 26.4 Å². The fourth-order valence-electron chi connectivity index (χ4n) is 3.25. The number of hydrogen-bond acceptors (Lipinski definition) is 8. The highest BCUT2D eigenvalue weighted by atomic mass is 16.6. The van der Waals surface area contributed by atoms with Gasteiger partial charge in [-0.3, -0.25) is 19.7 Å². The van der Waals surface area contributed by atoms with Gasteiger partial charge in [0.1, 0.15) is 12.4 Å². The monoisotopic (exact) mass is 506 g/mol. The molecule has 0 spiro atoms. The molecule has 0 aliphatic rings. The van der Waals surface area contributed by atoms with Gasteiger partial charge >= 0.3 is 0 Å². The molecular weight excluding hydrogens is 480 g/mol. The summed E-state index contributed by atoms with van der Waals surface area (Å²) in [5.74, 6) is 0.0416. The van der Waals surface area contributed by atoms with Crippen molar-refractivity contribution >= 4 is 29.4 Å². The highest BCUT2D eigenvalue weighted by molar-refractivity contribution is 5.94. The molecule has 192 valence electrons. The smallest absolute Gasteiger partial charge is 0.282 e. The van der Waals surface area contributed by atoms with Crippen LogP contribution in [-0.2, 0) is 16.2 Å². The molecule has 0 fully saturated rings. The van der Waals surface area contributed by atoms with E-state index >= 15 is 0 Å². The van der Waals surface area contributed by atoms with Crippen LogP contribution in [0.1, 0.15) is 24.0 Å². The number of ether oxygens (including phenoxy) is 3. The van der Waals surface area contributed by atoms with Gasteiger partial charge in [-0.15, -0.1) is 0 Å². The minimum atomic E-state index is -0.583. The number of carbonyl (C=O) groups excluding carboxylic acids is 2. The van der Waals surface area contributed by atoms with E-state index in [1.54, 1.807) is 24.3 Å². The number of nitro groups is 1. The van der Waals surface area contributed by atoms with E-state index in [0.717, 1.165) is 11.8 Å². The third-order valence-corrected chi connectivity index (χ3v) is 5.10. The van der Waals surface area contributed by atoms with Crippen LogP contribution >= 0.6 is 0 Å². The summed E-state index contributed by atoms with van der Waals surface area (Å²) in [4.78, 5) is 35.3. The maximum atomic E-state index is 12.2. The third kappa shape index (κ3) is 7.79. The van der Waals surface area contributed by atoms with Crippen molar-refractivity contribution in [3.8, 4) is 17.2 Å². The SMILES string of the molecule is COc1ccccc1NC(=O)CCC(=O)NN=Cc1cc(OC)c(OCc2ccccc2)cc1[N+](=O)[O-]. The summed E-state index contributed by atoms with van der Waals surface area (Å²) in [6.07, 6.45) is 0.894. The van der Waals surface area contributed by atoms with Crippen molar-refractivity contribution in [3.05, 3.63) is 88.0 Å². The van der Waals surface area contributed by atoms with Crippen molar-refractivity contribution in [2.24, 2.45) is 5.10 Å². The number of anilines is 1. The van der Waals surface area contributed by atoms with Crippen LogP contribution in [0.3, 0.4) is 0 Å². The largest absolute Gasteiger partial charge is 0.495 e. The lowest BCUT2D eigenvalue weighted by molar-refractivity contribution is -0.385. The van der Waals surface area contributed by atoms with Gasteiger partial charge in [-0.1, -0.05) is 42.5 Å². The van der Waals surface area contributed by atoms with Crippen LogP contribution in [0, 0.1) is 10.1 Å². The van der Waals surface area contributed by atoms with E-state index in [1.807, 2.05) is 30.3 Å². The molecule has 0 aliphatic heterocycles. The Kier molecular flexibility index (Phi) is 9.54. The van der Waals surface area contributed by atoms with Crippen molar-refractivity contribution in [1.29, 1.82) is 0 Å². The molecule has 0 aliphatic carbocycles. The first-order chi connectivity index (χ1) is 17.9. The molecule has 0 heterocycles. The van der Waals surface area contributed by atoms with Gasteiger partial charge in [-0.2, -0.15) is 5.10 Å². The van der Waals surface area contributed by atoms with Crippen LogP contribution < -0.4 is 25.0 Å². The molecule has 0 atom stereocenters. The Labute approximate surface area is 213 Å². The van der Waals surface area contributed by atoms with Gasteiger partial charge in [-0.25, -0.2) is 5.43 Å². The van der Waals surface area contributed by atoms with Gasteiger partial charge in [0.15, 0.2) is 11.5 Å². The minimum Gasteiger partial charge on any atom is -0.495 e. The number of para-hydroxylation sites is 2. The van der Waals surface area contributed by atoms with Gasteiger partial charge in [0.05, 0.1) is 42.7 Å². The molecular formula is C26H26N4O7. The fraction of sp³-hybridized carbons (Fsp3) is 0.192. The molecule has 11 nitrogen and oxygen atoms in total. The van der Waals surface area contributed by atoms with Gasteiger partial charge in [0.2, 0.25) is 11.8 Å². The Morgan fingerprint density at radius 2 is 1.59 bits per heavy atom. The first-order valence-corrected chi connectivity index (χ1v) is 11.2. The predicted octanol–water partition coefficient (Wildman–Crippen LogP) is 4.06. The Hall–Kier alpha value is -4.93. The zero-order valence-electron chi connectivity index (χ0n) is 20.3. The van der Waals surface area contributed by atoms with Gasteiger partial charge < -0.3 is 19.5 Å². The standard InChI is InChI=1S/C26H26N4O7/c1-35-22-11-7-6-10-20(22)28-25(31)12-13-26(32)29-27-16-19-14-23(36-2)24(15-21(19)30(33)34)37-17-18-8-4-3-5-9-18/h3-11,14-16H,12-13,17H2,1-2H3,(H,28,31)(H,29,32). The second-order valence-corrected chi connectivity index (χ2v) is 7.63. The molecule has 3 aromatic rings. The van der Waals surface area contributed by atoms with Crippen molar-refractivity contribution in [2.75, 3.05) is 19.5 Å². The summed E-state index contributed by atoms with van der Waals surface area (Å²) in [5.41, 5.74) is 3.47. The van der Waals surface area contributed by atoms with Crippen LogP contribution in [0.2, 0.25) is 0 Å². The number of methoxy groups -OCH3 is 2. The number of nitrogens with one attached hydrogen (secondary N) is 2. The summed E-state index contributed by atoms with van der Waals surface area (Å²) in [7, 11) is 2.90. The maximum Gasteiger partial charge on any atom is 0.282 e. The van der Waals surface area contributed by atoms with Crippen LogP contribution in [0.5, 0.6) is 17.2 Å². The summed E-state index contributed by atoms with van der Waals surface area (Å²) in [6.45, 7) is 0.197. The number of hydrogen-bond donors (Lipinski definition) is 2. The molecule has 37 heavy (non-hydrogen) atoms. The Morgan fingerprint density at radius 1 is 0.919 bits per heavy atom. The molecule has 3 rings (SSSR count). The van der Waals surface area contributed by atoms with E-state index in [-0.39, 0.29) is 48.1 Å². The first kappa shape index (κ1) is 26.7. The van der Waals surface area contributed by atoms with Gasteiger partial charge in [0, 0.05) is 12.8 Å². The van der Waals surface area contributed by atoms with Crippen LogP contribution in [0.4, 0.5) is 11.4 Å². The van der Waals surface area contributed by atoms with E-state index in [4.69, 9.17) is 14.2 Å². The lowest BCUT2D eigenvalue weighted by Gasteiger charge is -2.12. The Morgan fingerprint density at radius 3 is 2.30 bits per heavy atom. The molecule has 0 radical (unpaired) electrons. The zero-order valence-corrected chi connectivity index (χ0v) is 20.3. The normalized spacial score (nSPS) is 10.5. The number of hydrazone groups is 1. The summed E-state index contributed by atoms with van der Waals surface area (Å²) < 4.78 is 16.2. The van der Waals surface area contributed by atoms with Crippen molar-refractivity contribution in [2.45, 2.75) is 19.4 Å². The van der Waals surface area contributed by atoms with E-state index in [9.17, 15) is 19.7 Å². The molecule has 0 saturated heterocycles. The molecule has 0 aromatic heterocycles. The highest BCUT2D eigenvalue weighted by Gasteiger charge is 2.19. The Balaban J connectivity index is 1.60. The second-order valence-electron chi connectivity index (χ2n) is 7.63. The topological polar surface area (TPSA) is 141 Å². The number of nitro benzene ring substituents is 1. The quantitative estimate of drug-likeness (QED) is 0.214. The number of amides is 2. The Bertz CT molecular complexity index is 1280. The first-order valence-electron chi connectivity index (χ1n) is 11.2. The maximum absolute atomic E-state index is 12.2. The lowest BCUT2D eigenvalue weighted by atomic mass is 10.1. The number of benzene rings is 3. The number of nitrogens with zero attached hydrogens (tertiary/aromatic N) is 2. The molecule has 0 unspecified atom stereocenters.